The third-order valence-corrected chi connectivity index (χ3v) is 3.03. The second kappa shape index (κ2) is 6.99. The van der Waals surface area contributed by atoms with Crippen LogP contribution in [0, 0.1) is 11.6 Å². The van der Waals surface area contributed by atoms with Crippen LogP contribution in [0.4, 0.5) is 8.78 Å². The Morgan fingerprint density at radius 2 is 1.72 bits per heavy atom. The predicted molar refractivity (Wildman–Crippen MR) is 67.9 cm³/mol. The lowest BCUT2D eigenvalue weighted by molar-refractivity contribution is 0.110. The molecule has 3 nitrogen and oxygen atoms in total. The minimum absolute atomic E-state index is 0. The van der Waals surface area contributed by atoms with Crippen LogP contribution in [0.25, 0.3) is 0 Å². The summed E-state index contributed by atoms with van der Waals surface area (Å²) in [7, 11) is 0. The Hall–Kier alpha value is -0.750. The van der Waals surface area contributed by atoms with Crippen LogP contribution in [0.3, 0.4) is 0 Å². The van der Waals surface area contributed by atoms with E-state index in [1.54, 1.807) is 0 Å². The number of hydrogen-bond donors (Lipinski definition) is 2. The van der Waals surface area contributed by atoms with Crippen molar-refractivity contribution >= 4 is 12.4 Å². The van der Waals surface area contributed by atoms with Gasteiger partial charge >= 0.3 is 0 Å². The zero-order chi connectivity index (χ0) is 12.3. The number of aliphatic hydroxyl groups is 1. The Balaban J connectivity index is 0.00000162. The van der Waals surface area contributed by atoms with Crippen LogP contribution < -0.4 is 5.32 Å². The molecule has 0 aliphatic carbocycles. The minimum atomic E-state index is -0.603. The van der Waals surface area contributed by atoms with Crippen molar-refractivity contribution in [2.24, 2.45) is 0 Å². The molecular weight excluding hydrogens is 262 g/mol. The van der Waals surface area contributed by atoms with Crippen molar-refractivity contribution in [2.45, 2.75) is 6.04 Å². The van der Waals surface area contributed by atoms with Gasteiger partial charge < -0.3 is 10.4 Å². The molecule has 1 saturated heterocycles. The fourth-order valence-electron chi connectivity index (χ4n) is 2.19. The highest BCUT2D eigenvalue weighted by atomic mass is 35.5. The summed E-state index contributed by atoms with van der Waals surface area (Å²) < 4.78 is 26.3. The van der Waals surface area contributed by atoms with Crippen molar-refractivity contribution in [1.29, 1.82) is 0 Å². The number of piperazine rings is 1. The fraction of sp³-hybridized carbons (Fsp3) is 0.500. The molecule has 6 heteroatoms. The molecule has 0 unspecified atom stereocenters. The van der Waals surface area contributed by atoms with Gasteiger partial charge in [0, 0.05) is 32.2 Å². The molecule has 1 atom stereocenters. The highest BCUT2D eigenvalue weighted by Gasteiger charge is 2.22. The summed E-state index contributed by atoms with van der Waals surface area (Å²) >= 11 is 0. The first-order chi connectivity index (χ1) is 8.20. The zero-order valence-electron chi connectivity index (χ0n) is 9.90. The first-order valence-electron chi connectivity index (χ1n) is 5.72. The van der Waals surface area contributed by atoms with Crippen LogP contribution in [0.5, 0.6) is 0 Å². The van der Waals surface area contributed by atoms with E-state index in [0.29, 0.717) is 5.56 Å². The summed E-state index contributed by atoms with van der Waals surface area (Å²) in [5.41, 5.74) is 0.493. The number of benzene rings is 1. The van der Waals surface area contributed by atoms with E-state index in [2.05, 4.69) is 5.32 Å². The Bertz CT molecular complexity index is 366. The molecule has 0 radical (unpaired) electrons. The van der Waals surface area contributed by atoms with Crippen LogP contribution in [-0.2, 0) is 0 Å². The summed E-state index contributed by atoms with van der Waals surface area (Å²) in [5.74, 6) is -1.21. The first kappa shape index (κ1) is 15.3. The highest BCUT2D eigenvalue weighted by Crippen LogP contribution is 2.22. The number of nitrogens with one attached hydrogen (secondary N) is 1. The van der Waals surface area contributed by atoms with E-state index in [1.807, 2.05) is 4.90 Å². The largest absolute Gasteiger partial charge is 0.394 e. The Morgan fingerprint density at radius 1 is 1.17 bits per heavy atom. The Kier molecular flexibility index (Phi) is 5.95. The number of nitrogens with zero attached hydrogens (tertiary/aromatic N) is 1. The maximum absolute atomic E-state index is 13.1. The van der Waals surface area contributed by atoms with E-state index in [-0.39, 0.29) is 25.1 Å². The Labute approximate surface area is 111 Å². The van der Waals surface area contributed by atoms with E-state index in [0.717, 1.165) is 32.2 Å². The lowest BCUT2D eigenvalue weighted by atomic mass is 10.0. The van der Waals surface area contributed by atoms with E-state index in [4.69, 9.17) is 0 Å². The molecule has 0 bridgehead atoms. The van der Waals surface area contributed by atoms with Crippen molar-refractivity contribution in [2.75, 3.05) is 32.8 Å². The number of halogens is 3. The monoisotopic (exact) mass is 278 g/mol. The van der Waals surface area contributed by atoms with Gasteiger partial charge in [0.1, 0.15) is 11.6 Å². The normalized spacial score (nSPS) is 18.2. The summed E-state index contributed by atoms with van der Waals surface area (Å²) in [4.78, 5) is 2.03. The van der Waals surface area contributed by atoms with Crippen LogP contribution in [0.15, 0.2) is 18.2 Å². The molecule has 0 aromatic heterocycles. The molecule has 1 heterocycles. The van der Waals surface area contributed by atoms with Gasteiger partial charge in [-0.05, 0) is 17.7 Å². The second-order valence-electron chi connectivity index (χ2n) is 4.19. The Morgan fingerprint density at radius 3 is 2.22 bits per heavy atom. The van der Waals surface area contributed by atoms with Crippen LogP contribution in [0.2, 0.25) is 0 Å². The summed E-state index contributed by atoms with van der Waals surface area (Å²) in [5, 5.41) is 12.6. The molecule has 0 saturated carbocycles. The van der Waals surface area contributed by atoms with Crippen molar-refractivity contribution in [3.63, 3.8) is 0 Å². The molecule has 1 fully saturated rings. The quantitative estimate of drug-likeness (QED) is 0.876. The van der Waals surface area contributed by atoms with E-state index in [9.17, 15) is 13.9 Å². The van der Waals surface area contributed by atoms with Gasteiger partial charge in [-0.15, -0.1) is 12.4 Å². The predicted octanol–water partition coefficient (Wildman–Crippen LogP) is 1.33. The van der Waals surface area contributed by atoms with E-state index >= 15 is 0 Å². The molecule has 1 aromatic rings. The van der Waals surface area contributed by atoms with Crippen LogP contribution in [-0.4, -0.2) is 42.8 Å². The number of hydrogen-bond acceptors (Lipinski definition) is 3. The maximum Gasteiger partial charge on any atom is 0.126 e. The van der Waals surface area contributed by atoms with Crippen LogP contribution in [0.1, 0.15) is 11.6 Å². The average Bonchev–Trinajstić information content (AvgIpc) is 2.30. The second-order valence-corrected chi connectivity index (χ2v) is 4.19. The smallest absolute Gasteiger partial charge is 0.126 e. The van der Waals surface area contributed by atoms with Crippen molar-refractivity contribution in [1.82, 2.24) is 10.2 Å². The summed E-state index contributed by atoms with van der Waals surface area (Å²) in [6.45, 7) is 3.05. The highest BCUT2D eigenvalue weighted by molar-refractivity contribution is 5.85. The molecule has 2 N–H and O–H groups in total. The lowest BCUT2D eigenvalue weighted by Crippen LogP contribution is -2.46. The van der Waals surface area contributed by atoms with Gasteiger partial charge in [-0.3, -0.25) is 4.90 Å². The van der Waals surface area contributed by atoms with Gasteiger partial charge in [0.2, 0.25) is 0 Å². The molecule has 102 valence electrons. The molecule has 18 heavy (non-hydrogen) atoms. The van der Waals surface area contributed by atoms with Crippen molar-refractivity contribution < 1.29 is 13.9 Å². The molecule has 0 spiro atoms. The van der Waals surface area contributed by atoms with Gasteiger partial charge in [-0.25, -0.2) is 8.78 Å². The average molecular weight is 279 g/mol. The van der Waals surface area contributed by atoms with Crippen molar-refractivity contribution in [3.05, 3.63) is 35.4 Å². The number of rotatable bonds is 3. The van der Waals surface area contributed by atoms with Gasteiger partial charge in [0.15, 0.2) is 0 Å². The van der Waals surface area contributed by atoms with E-state index < -0.39 is 11.6 Å². The molecule has 1 aromatic carbocycles. The molecule has 0 amide bonds. The van der Waals surface area contributed by atoms with Crippen molar-refractivity contribution in [3.8, 4) is 0 Å². The summed E-state index contributed by atoms with van der Waals surface area (Å²) in [6.07, 6.45) is 0. The summed E-state index contributed by atoms with van der Waals surface area (Å²) in [6, 6.07) is 3.08. The molecular formula is C12H17ClF2N2O. The van der Waals surface area contributed by atoms with Gasteiger partial charge in [0.05, 0.1) is 12.6 Å². The third kappa shape index (κ3) is 3.62. The first-order valence-corrected chi connectivity index (χ1v) is 5.72. The lowest BCUT2D eigenvalue weighted by Gasteiger charge is -2.34. The van der Waals surface area contributed by atoms with Gasteiger partial charge in [0.25, 0.3) is 0 Å². The minimum Gasteiger partial charge on any atom is -0.394 e. The molecule has 1 aliphatic heterocycles. The van der Waals surface area contributed by atoms with Gasteiger partial charge in [-0.1, -0.05) is 0 Å². The fourth-order valence-corrected chi connectivity index (χ4v) is 2.19. The van der Waals surface area contributed by atoms with E-state index in [1.165, 1.54) is 12.1 Å². The molecule has 1 aliphatic rings. The van der Waals surface area contributed by atoms with Gasteiger partial charge in [-0.2, -0.15) is 0 Å². The topological polar surface area (TPSA) is 35.5 Å². The zero-order valence-corrected chi connectivity index (χ0v) is 10.7. The maximum atomic E-state index is 13.1. The molecule has 2 rings (SSSR count). The standard InChI is InChI=1S/C12H16F2N2O.ClH/c13-10-5-9(6-11(14)7-10)12(8-17)16-3-1-15-2-4-16;/h5-7,12,15,17H,1-4,8H2;1H/t12-;/m1./s1. The number of aliphatic hydroxyl groups excluding tert-OH is 1. The van der Waals surface area contributed by atoms with Crippen LogP contribution >= 0.6 is 12.4 Å². The third-order valence-electron chi connectivity index (χ3n) is 3.03. The SMILES string of the molecule is Cl.OC[C@H](c1cc(F)cc(F)c1)N1CCNCC1.